The highest BCUT2D eigenvalue weighted by Gasteiger charge is 2.27. The molecule has 0 amide bonds. The van der Waals surface area contributed by atoms with Crippen LogP contribution in [-0.2, 0) is 6.42 Å². The van der Waals surface area contributed by atoms with E-state index in [9.17, 15) is 4.79 Å². The number of rotatable bonds is 2. The van der Waals surface area contributed by atoms with E-state index in [1.165, 1.54) is 5.56 Å². The van der Waals surface area contributed by atoms with E-state index in [-0.39, 0.29) is 5.78 Å². The number of Topliss-reactive ketones (excluding diaryl/α,β-unsaturated/α-hetero) is 1. The van der Waals surface area contributed by atoms with Gasteiger partial charge in [-0.2, -0.15) is 0 Å². The lowest BCUT2D eigenvalue weighted by atomic mass is 10.1. The second-order valence-electron chi connectivity index (χ2n) is 4.68. The zero-order valence-electron chi connectivity index (χ0n) is 11.0. The third kappa shape index (κ3) is 2.41. The van der Waals surface area contributed by atoms with Crippen molar-refractivity contribution in [3.8, 4) is 5.75 Å². The summed E-state index contributed by atoms with van der Waals surface area (Å²) in [5.41, 5.74) is 2.85. The van der Waals surface area contributed by atoms with Crippen LogP contribution in [0.1, 0.15) is 28.4 Å². The molecule has 0 unspecified atom stereocenters. The molecule has 0 radical (unpaired) electrons. The molecule has 0 saturated carbocycles. The Balaban J connectivity index is 1.92. The molecule has 0 spiro atoms. The van der Waals surface area contributed by atoms with Crippen molar-refractivity contribution in [2.45, 2.75) is 13.3 Å². The standard InChI is InChI=1S/C17H13BrO2/c1-2-11-3-5-12(6-4-11)9-16-17(19)14-10-13(18)7-8-15(14)20-16/h3-10H,2H2,1H3/b16-9-. The van der Waals surface area contributed by atoms with Crippen molar-refractivity contribution < 1.29 is 9.53 Å². The highest BCUT2D eigenvalue weighted by Crippen LogP contribution is 2.33. The highest BCUT2D eigenvalue weighted by molar-refractivity contribution is 9.10. The number of halogens is 1. The van der Waals surface area contributed by atoms with Gasteiger partial charge in [0.15, 0.2) is 5.76 Å². The van der Waals surface area contributed by atoms with Gasteiger partial charge in [-0.1, -0.05) is 47.1 Å². The van der Waals surface area contributed by atoms with Gasteiger partial charge in [0.1, 0.15) is 5.75 Å². The van der Waals surface area contributed by atoms with Crippen LogP contribution >= 0.6 is 15.9 Å². The fourth-order valence-corrected chi connectivity index (χ4v) is 2.52. The number of hydrogen-bond donors (Lipinski definition) is 0. The summed E-state index contributed by atoms with van der Waals surface area (Å²) in [5, 5.41) is 0. The molecule has 0 saturated heterocycles. The minimum atomic E-state index is -0.0686. The van der Waals surface area contributed by atoms with E-state index in [4.69, 9.17) is 4.74 Å². The number of carbonyl (C=O) groups is 1. The first-order chi connectivity index (χ1) is 9.67. The Kier molecular flexibility index (Phi) is 3.45. The third-order valence-electron chi connectivity index (χ3n) is 3.32. The van der Waals surface area contributed by atoms with Crippen LogP contribution in [-0.4, -0.2) is 5.78 Å². The number of fused-ring (bicyclic) bond motifs is 1. The summed E-state index contributed by atoms with van der Waals surface area (Å²) in [6, 6.07) is 13.6. The average molecular weight is 329 g/mol. The summed E-state index contributed by atoms with van der Waals surface area (Å²) in [6.45, 7) is 2.12. The molecule has 0 aliphatic carbocycles. The maximum Gasteiger partial charge on any atom is 0.232 e. The molecule has 0 N–H and O–H groups in total. The minimum absolute atomic E-state index is 0.0686. The summed E-state index contributed by atoms with van der Waals surface area (Å²) in [7, 11) is 0. The first-order valence-corrected chi connectivity index (χ1v) is 7.29. The van der Waals surface area contributed by atoms with Gasteiger partial charge in [-0.05, 0) is 41.8 Å². The molecule has 2 aromatic carbocycles. The quantitative estimate of drug-likeness (QED) is 0.751. The molecule has 2 nitrogen and oxygen atoms in total. The number of allylic oxidation sites excluding steroid dienone is 1. The Morgan fingerprint density at radius 1 is 1.15 bits per heavy atom. The first kappa shape index (κ1) is 13.1. The smallest absolute Gasteiger partial charge is 0.232 e. The first-order valence-electron chi connectivity index (χ1n) is 6.50. The van der Waals surface area contributed by atoms with Gasteiger partial charge in [0.25, 0.3) is 0 Å². The summed E-state index contributed by atoms with van der Waals surface area (Å²) in [5.74, 6) is 0.929. The van der Waals surface area contributed by atoms with Gasteiger partial charge in [-0.15, -0.1) is 0 Å². The van der Waals surface area contributed by atoms with E-state index in [0.717, 1.165) is 16.5 Å². The molecule has 20 heavy (non-hydrogen) atoms. The molecule has 0 bridgehead atoms. The van der Waals surface area contributed by atoms with E-state index in [1.807, 2.05) is 18.2 Å². The van der Waals surface area contributed by atoms with E-state index in [2.05, 4.69) is 35.0 Å². The SMILES string of the molecule is CCc1ccc(/C=C2\Oc3ccc(Br)cc3C2=O)cc1. The minimum Gasteiger partial charge on any atom is -0.452 e. The molecular formula is C17H13BrO2. The van der Waals surface area contributed by atoms with E-state index in [0.29, 0.717) is 17.1 Å². The van der Waals surface area contributed by atoms with Crippen molar-refractivity contribution in [3.05, 3.63) is 69.4 Å². The van der Waals surface area contributed by atoms with Crippen molar-refractivity contribution >= 4 is 27.8 Å². The lowest BCUT2D eigenvalue weighted by Crippen LogP contribution is -1.98. The summed E-state index contributed by atoms with van der Waals surface area (Å²) in [6.07, 6.45) is 2.79. The second-order valence-corrected chi connectivity index (χ2v) is 5.59. The number of hydrogen-bond acceptors (Lipinski definition) is 2. The molecule has 1 aliphatic heterocycles. The number of aryl methyl sites for hydroxylation is 1. The van der Waals surface area contributed by atoms with Gasteiger partial charge in [0.2, 0.25) is 5.78 Å². The normalized spacial score (nSPS) is 15.3. The van der Waals surface area contributed by atoms with Gasteiger partial charge in [-0.25, -0.2) is 0 Å². The Hall–Kier alpha value is -1.87. The topological polar surface area (TPSA) is 26.3 Å². The largest absolute Gasteiger partial charge is 0.452 e. The second kappa shape index (κ2) is 5.25. The molecule has 3 heteroatoms. The van der Waals surface area contributed by atoms with Crippen LogP contribution < -0.4 is 4.74 Å². The van der Waals surface area contributed by atoms with Gasteiger partial charge in [0, 0.05) is 4.47 Å². The van der Waals surface area contributed by atoms with Crippen LogP contribution in [0.2, 0.25) is 0 Å². The molecule has 1 aliphatic rings. The van der Waals surface area contributed by atoms with Crippen LogP contribution in [0.15, 0.2) is 52.7 Å². The van der Waals surface area contributed by atoms with Gasteiger partial charge in [0.05, 0.1) is 5.56 Å². The number of ether oxygens (including phenoxy) is 1. The molecule has 1 heterocycles. The molecule has 0 fully saturated rings. The monoisotopic (exact) mass is 328 g/mol. The van der Waals surface area contributed by atoms with Crippen molar-refractivity contribution in [1.82, 2.24) is 0 Å². The van der Waals surface area contributed by atoms with E-state index in [1.54, 1.807) is 18.2 Å². The molecule has 100 valence electrons. The van der Waals surface area contributed by atoms with Crippen molar-refractivity contribution in [3.63, 3.8) is 0 Å². The van der Waals surface area contributed by atoms with E-state index < -0.39 is 0 Å². The van der Waals surface area contributed by atoms with E-state index >= 15 is 0 Å². The van der Waals surface area contributed by atoms with Gasteiger partial charge >= 0.3 is 0 Å². The maximum absolute atomic E-state index is 12.3. The third-order valence-corrected chi connectivity index (χ3v) is 3.81. The van der Waals surface area contributed by atoms with Crippen LogP contribution in [0.5, 0.6) is 5.75 Å². The number of ketones is 1. The Labute approximate surface area is 126 Å². The zero-order valence-corrected chi connectivity index (χ0v) is 12.6. The Morgan fingerprint density at radius 2 is 1.90 bits per heavy atom. The van der Waals surface area contributed by atoms with Crippen LogP contribution in [0.4, 0.5) is 0 Å². The Bertz CT molecular complexity index is 699. The van der Waals surface area contributed by atoms with Crippen molar-refractivity contribution in [2.75, 3.05) is 0 Å². The van der Waals surface area contributed by atoms with Gasteiger partial charge < -0.3 is 4.74 Å². The summed E-state index contributed by atoms with van der Waals surface area (Å²) >= 11 is 3.37. The predicted molar refractivity (Wildman–Crippen MR) is 82.9 cm³/mol. The molecule has 0 aromatic heterocycles. The number of carbonyl (C=O) groups excluding carboxylic acids is 1. The molecular weight excluding hydrogens is 316 g/mol. The van der Waals surface area contributed by atoms with Crippen molar-refractivity contribution in [2.24, 2.45) is 0 Å². The lowest BCUT2D eigenvalue weighted by molar-refractivity contribution is 0.101. The van der Waals surface area contributed by atoms with Crippen LogP contribution in [0.25, 0.3) is 6.08 Å². The van der Waals surface area contributed by atoms with Gasteiger partial charge in [-0.3, -0.25) is 4.79 Å². The predicted octanol–water partition coefficient (Wildman–Crippen LogP) is 4.63. The maximum atomic E-state index is 12.3. The molecule has 2 aromatic rings. The van der Waals surface area contributed by atoms with Crippen LogP contribution in [0, 0.1) is 0 Å². The fraction of sp³-hybridized carbons (Fsp3) is 0.118. The lowest BCUT2D eigenvalue weighted by Gasteiger charge is -2.00. The fourth-order valence-electron chi connectivity index (χ4n) is 2.16. The summed E-state index contributed by atoms with van der Waals surface area (Å²) < 4.78 is 6.50. The highest BCUT2D eigenvalue weighted by atomic mass is 79.9. The molecule has 3 rings (SSSR count). The summed E-state index contributed by atoms with van der Waals surface area (Å²) in [4.78, 5) is 12.3. The average Bonchev–Trinajstić information content (AvgIpc) is 2.76. The van der Waals surface area contributed by atoms with Crippen LogP contribution in [0.3, 0.4) is 0 Å². The Morgan fingerprint density at radius 3 is 2.60 bits per heavy atom. The number of benzene rings is 2. The molecule has 0 atom stereocenters. The zero-order chi connectivity index (χ0) is 14.1. The van der Waals surface area contributed by atoms with Crippen molar-refractivity contribution in [1.29, 1.82) is 0 Å².